The predicted molar refractivity (Wildman–Crippen MR) is 101 cm³/mol. The van der Waals surface area contributed by atoms with Gasteiger partial charge in [-0.05, 0) is 37.2 Å². The highest BCUT2D eigenvalue weighted by molar-refractivity contribution is 6.31. The molecule has 5 nitrogen and oxygen atoms in total. The Morgan fingerprint density at radius 3 is 2.60 bits per heavy atom. The minimum Gasteiger partial charge on any atom is -0.353 e. The fraction of sp³-hybridized carbons (Fsp3) is 0.600. The van der Waals surface area contributed by atoms with Crippen LogP contribution in [0.15, 0.2) is 12.1 Å². The van der Waals surface area contributed by atoms with Gasteiger partial charge in [0.2, 0.25) is 11.8 Å². The number of hydrogen-bond acceptors (Lipinski definition) is 2. The molecule has 1 aromatic rings. The smallest absolute Gasteiger partial charge is 0.318 e. The van der Waals surface area contributed by atoms with E-state index in [2.05, 4.69) is 10.6 Å². The summed E-state index contributed by atoms with van der Waals surface area (Å²) in [5.41, 5.74) is -0.481. The highest BCUT2D eigenvalue weighted by Crippen LogP contribution is 2.66. The quantitative estimate of drug-likeness (QED) is 0.543. The third kappa shape index (κ3) is 3.61. The van der Waals surface area contributed by atoms with Gasteiger partial charge in [0.25, 0.3) is 0 Å². The lowest BCUT2D eigenvalue weighted by molar-refractivity contribution is -0.210. The number of nitrogens with zero attached hydrogens (tertiary/aromatic N) is 1. The zero-order valence-corrected chi connectivity index (χ0v) is 17.0. The monoisotopic (exact) mass is 447 g/mol. The highest BCUT2D eigenvalue weighted by atomic mass is 35.5. The van der Waals surface area contributed by atoms with Crippen LogP contribution in [0.4, 0.5) is 22.4 Å². The van der Waals surface area contributed by atoms with Crippen LogP contribution in [-0.4, -0.2) is 41.9 Å². The van der Waals surface area contributed by atoms with E-state index in [-0.39, 0.29) is 36.8 Å². The Morgan fingerprint density at radius 2 is 1.97 bits per heavy atom. The van der Waals surface area contributed by atoms with Crippen LogP contribution >= 0.6 is 11.6 Å². The number of rotatable bonds is 3. The van der Waals surface area contributed by atoms with E-state index in [1.807, 2.05) is 0 Å². The van der Waals surface area contributed by atoms with Crippen molar-refractivity contribution in [3.05, 3.63) is 34.4 Å². The first-order valence-electron chi connectivity index (χ1n) is 9.88. The van der Waals surface area contributed by atoms with Gasteiger partial charge in [-0.25, -0.2) is 22.4 Å². The van der Waals surface area contributed by atoms with Crippen LogP contribution in [0.25, 0.3) is 0 Å². The van der Waals surface area contributed by atoms with Gasteiger partial charge in [0.05, 0.1) is 6.04 Å². The summed E-state index contributed by atoms with van der Waals surface area (Å²) in [7, 11) is 0. The molecule has 2 saturated carbocycles. The van der Waals surface area contributed by atoms with Gasteiger partial charge < -0.3 is 15.5 Å². The van der Waals surface area contributed by atoms with Gasteiger partial charge in [0.15, 0.2) is 0 Å². The van der Waals surface area contributed by atoms with E-state index in [9.17, 15) is 27.2 Å². The van der Waals surface area contributed by atoms with Crippen molar-refractivity contribution in [3.8, 4) is 0 Å². The van der Waals surface area contributed by atoms with E-state index in [0.717, 1.165) is 6.07 Å². The Balaban J connectivity index is 1.56. The first-order chi connectivity index (χ1) is 14.0. The molecule has 3 fully saturated rings. The van der Waals surface area contributed by atoms with Crippen LogP contribution in [0.3, 0.4) is 0 Å². The maximum absolute atomic E-state index is 14.8. The van der Waals surface area contributed by atoms with Gasteiger partial charge in [-0.1, -0.05) is 17.7 Å². The Bertz CT molecular complexity index is 881. The summed E-state index contributed by atoms with van der Waals surface area (Å²) in [6.07, 6.45) is 0.371. The fourth-order valence-electron chi connectivity index (χ4n) is 5.13. The molecule has 3 amide bonds. The lowest BCUT2D eigenvalue weighted by Gasteiger charge is -2.59. The zero-order chi connectivity index (χ0) is 21.8. The molecule has 0 bridgehead atoms. The number of piperazine rings is 1. The van der Waals surface area contributed by atoms with Crippen molar-refractivity contribution in [3.63, 3.8) is 0 Å². The molecule has 1 aliphatic heterocycles. The largest absolute Gasteiger partial charge is 0.353 e. The number of alkyl halides is 2. The van der Waals surface area contributed by atoms with Crippen molar-refractivity contribution in [2.75, 3.05) is 13.1 Å². The molecular weight excluding hydrogens is 426 g/mol. The molecule has 1 saturated heterocycles. The van der Waals surface area contributed by atoms with Crippen molar-refractivity contribution in [2.45, 2.75) is 50.6 Å². The Labute approximate surface area is 176 Å². The molecule has 0 unspecified atom stereocenters. The van der Waals surface area contributed by atoms with Crippen molar-refractivity contribution in [1.29, 1.82) is 0 Å². The summed E-state index contributed by atoms with van der Waals surface area (Å²) >= 11 is 5.73. The maximum atomic E-state index is 14.8. The van der Waals surface area contributed by atoms with Crippen molar-refractivity contribution in [1.82, 2.24) is 15.5 Å². The van der Waals surface area contributed by atoms with Crippen molar-refractivity contribution < 1.29 is 27.2 Å². The van der Waals surface area contributed by atoms with E-state index in [1.165, 1.54) is 11.0 Å². The van der Waals surface area contributed by atoms with E-state index in [1.54, 1.807) is 6.92 Å². The van der Waals surface area contributed by atoms with Crippen LogP contribution in [0.1, 0.15) is 44.2 Å². The molecule has 1 aromatic carbocycles. The molecule has 4 rings (SSSR count). The number of nitrogens with one attached hydrogen (secondary N) is 2. The van der Waals surface area contributed by atoms with Crippen LogP contribution in [0.5, 0.6) is 0 Å². The standard InChI is InChI=1S/C20H22ClF4N3O2/c1-10-17(29)26-4-5-28(10)18(30)27-16(12-2-3-13(22)14(21)15(12)23)11-6-19(7-11)8-20(24,25)9-19/h2-3,10-11,16H,4-9H2,1H3,(H,26,29)(H,27,30)/t10-,16-/m1/s1. The summed E-state index contributed by atoms with van der Waals surface area (Å²) in [6.45, 7) is 2.14. The average molecular weight is 448 g/mol. The topological polar surface area (TPSA) is 61.4 Å². The van der Waals surface area contributed by atoms with Crippen LogP contribution in [-0.2, 0) is 4.79 Å². The number of hydrogen-bond donors (Lipinski definition) is 2. The molecule has 1 heterocycles. The Hall–Kier alpha value is -2.03. The lowest BCUT2D eigenvalue weighted by atomic mass is 9.48. The summed E-state index contributed by atoms with van der Waals surface area (Å²) in [4.78, 5) is 26.1. The summed E-state index contributed by atoms with van der Waals surface area (Å²) < 4.78 is 55.1. The fourth-order valence-corrected chi connectivity index (χ4v) is 5.30. The molecular formula is C20H22ClF4N3O2. The van der Waals surface area contributed by atoms with Crippen molar-refractivity contribution in [2.24, 2.45) is 11.3 Å². The predicted octanol–water partition coefficient (Wildman–Crippen LogP) is 4.01. The second-order valence-electron chi connectivity index (χ2n) is 8.73. The molecule has 164 valence electrons. The summed E-state index contributed by atoms with van der Waals surface area (Å²) in [5, 5.41) is 4.72. The zero-order valence-electron chi connectivity index (χ0n) is 16.3. The van der Waals surface area contributed by atoms with Gasteiger partial charge in [-0.3, -0.25) is 4.79 Å². The molecule has 0 aromatic heterocycles. The van der Waals surface area contributed by atoms with Crippen LogP contribution in [0.2, 0.25) is 5.02 Å². The number of carbonyl (C=O) groups excluding carboxylic acids is 2. The third-order valence-corrected chi connectivity index (χ3v) is 6.91. The first-order valence-corrected chi connectivity index (χ1v) is 10.3. The van der Waals surface area contributed by atoms with Gasteiger partial charge in [0, 0.05) is 31.5 Å². The molecule has 10 heteroatoms. The third-order valence-electron chi connectivity index (χ3n) is 6.57. The maximum Gasteiger partial charge on any atom is 0.318 e. The van der Waals surface area contributed by atoms with E-state index >= 15 is 0 Å². The molecule has 0 radical (unpaired) electrons. The lowest BCUT2D eigenvalue weighted by Crippen LogP contribution is -2.60. The molecule has 2 aliphatic carbocycles. The number of benzene rings is 1. The van der Waals surface area contributed by atoms with E-state index < -0.39 is 46.1 Å². The number of carbonyl (C=O) groups is 2. The summed E-state index contributed by atoms with van der Waals surface area (Å²) in [5.74, 6) is -5.18. The minimum atomic E-state index is -2.68. The number of urea groups is 1. The normalized spacial score (nSPS) is 25.9. The summed E-state index contributed by atoms with van der Waals surface area (Å²) in [6, 6.07) is 0.0885. The Kier molecular flexibility index (Phi) is 5.15. The molecule has 2 N–H and O–H groups in total. The average Bonchev–Trinajstić information content (AvgIpc) is 2.63. The number of amides is 3. The molecule has 3 aliphatic rings. The van der Waals surface area contributed by atoms with Gasteiger partial charge in [0.1, 0.15) is 22.7 Å². The minimum absolute atomic E-state index is 0.00907. The van der Waals surface area contributed by atoms with Gasteiger partial charge in [-0.2, -0.15) is 0 Å². The number of halogens is 5. The van der Waals surface area contributed by atoms with Crippen LogP contribution < -0.4 is 10.6 Å². The Morgan fingerprint density at radius 1 is 1.30 bits per heavy atom. The molecule has 30 heavy (non-hydrogen) atoms. The van der Waals surface area contributed by atoms with E-state index in [4.69, 9.17) is 11.6 Å². The van der Waals surface area contributed by atoms with Gasteiger partial charge in [-0.15, -0.1) is 0 Å². The van der Waals surface area contributed by atoms with Crippen molar-refractivity contribution >= 4 is 23.5 Å². The van der Waals surface area contributed by atoms with Crippen LogP contribution in [0, 0.1) is 23.0 Å². The first kappa shape index (κ1) is 21.2. The molecule has 1 spiro atoms. The van der Waals surface area contributed by atoms with E-state index in [0.29, 0.717) is 19.4 Å². The molecule has 2 atom stereocenters. The van der Waals surface area contributed by atoms with Gasteiger partial charge >= 0.3 is 6.03 Å². The second-order valence-corrected chi connectivity index (χ2v) is 9.11. The second kappa shape index (κ2) is 7.28. The highest BCUT2D eigenvalue weighted by Gasteiger charge is 2.63. The SMILES string of the molecule is C[C@@H]1C(=O)NCCN1C(=O)N[C@@H](c1ccc(F)c(Cl)c1F)C1CC2(C1)CC(F)(F)C2.